The number of aromatic nitrogens is 5. The second-order valence-electron chi connectivity index (χ2n) is 10.5. The van der Waals surface area contributed by atoms with E-state index in [0.29, 0.717) is 35.0 Å². The van der Waals surface area contributed by atoms with Crippen molar-refractivity contribution in [2.45, 2.75) is 58.4 Å². The van der Waals surface area contributed by atoms with E-state index in [1.54, 1.807) is 31.5 Å². The molecule has 1 atom stereocenters. The summed E-state index contributed by atoms with van der Waals surface area (Å²) in [6.45, 7) is 8.12. The summed E-state index contributed by atoms with van der Waals surface area (Å²) in [6.07, 6.45) is 7.92. The van der Waals surface area contributed by atoms with Gasteiger partial charge in [-0.2, -0.15) is 0 Å². The summed E-state index contributed by atoms with van der Waals surface area (Å²) in [5.74, 6) is -0.202. The molecule has 3 aromatic heterocycles. The van der Waals surface area contributed by atoms with Gasteiger partial charge in [0.25, 0.3) is 5.91 Å². The van der Waals surface area contributed by atoms with E-state index < -0.39 is 11.7 Å². The molecule has 0 aliphatic carbocycles. The molecule has 0 saturated carbocycles. The Morgan fingerprint density at radius 2 is 2.05 bits per heavy atom. The van der Waals surface area contributed by atoms with Crippen LogP contribution >= 0.6 is 0 Å². The fourth-order valence-electron chi connectivity index (χ4n) is 4.81. The number of aliphatic hydroxyl groups is 1. The number of hydrogen-bond donors (Lipinski definition) is 2. The van der Waals surface area contributed by atoms with Crippen LogP contribution in [0.5, 0.6) is 0 Å². The van der Waals surface area contributed by atoms with Crippen LogP contribution in [-0.4, -0.2) is 41.7 Å². The number of halogens is 1. The molecular formula is C28H31FN6O2. The van der Waals surface area contributed by atoms with Gasteiger partial charge in [0.05, 0.1) is 23.3 Å². The van der Waals surface area contributed by atoms with Gasteiger partial charge >= 0.3 is 0 Å². The first-order valence-electron chi connectivity index (χ1n) is 12.5. The predicted molar refractivity (Wildman–Crippen MR) is 139 cm³/mol. The lowest BCUT2D eigenvalue weighted by Gasteiger charge is -2.15. The molecule has 0 radical (unpaired) electrons. The number of rotatable bonds is 6. The number of carbonyl (C=O) groups is 1. The molecule has 1 aromatic carbocycles. The van der Waals surface area contributed by atoms with Gasteiger partial charge in [0, 0.05) is 36.2 Å². The van der Waals surface area contributed by atoms with Crippen molar-refractivity contribution in [3.8, 4) is 17.2 Å². The Labute approximate surface area is 215 Å². The van der Waals surface area contributed by atoms with Crippen LogP contribution in [0.3, 0.4) is 0 Å². The highest BCUT2D eigenvalue weighted by Gasteiger charge is 2.26. The minimum Gasteiger partial charge on any atom is -0.396 e. The summed E-state index contributed by atoms with van der Waals surface area (Å²) >= 11 is 0. The summed E-state index contributed by atoms with van der Waals surface area (Å²) in [7, 11) is 0. The Morgan fingerprint density at radius 3 is 2.78 bits per heavy atom. The molecule has 1 amide bonds. The van der Waals surface area contributed by atoms with Crippen molar-refractivity contribution in [1.82, 2.24) is 24.1 Å². The fraction of sp³-hybridized carbons (Fsp3) is 0.357. The summed E-state index contributed by atoms with van der Waals surface area (Å²) in [5, 5.41) is 12.2. The smallest absolute Gasteiger partial charge is 0.259 e. The van der Waals surface area contributed by atoms with Crippen LogP contribution in [0.15, 0.2) is 49.1 Å². The maximum atomic E-state index is 14.9. The monoisotopic (exact) mass is 502 g/mol. The molecule has 192 valence electrons. The van der Waals surface area contributed by atoms with Crippen molar-refractivity contribution in [3.63, 3.8) is 0 Å². The minimum absolute atomic E-state index is 0.0801. The summed E-state index contributed by atoms with van der Waals surface area (Å²) in [5.41, 5.74) is 3.76. The molecule has 0 fully saturated rings. The molecule has 9 heteroatoms. The first kappa shape index (κ1) is 24.8. The molecule has 4 heterocycles. The van der Waals surface area contributed by atoms with Crippen molar-refractivity contribution >= 4 is 11.7 Å². The van der Waals surface area contributed by atoms with Crippen LogP contribution < -0.4 is 5.32 Å². The van der Waals surface area contributed by atoms with E-state index in [1.807, 2.05) is 23.0 Å². The molecule has 2 N–H and O–H groups in total. The van der Waals surface area contributed by atoms with E-state index in [1.165, 1.54) is 6.07 Å². The highest BCUT2D eigenvalue weighted by Crippen LogP contribution is 2.34. The van der Waals surface area contributed by atoms with E-state index in [2.05, 4.69) is 45.6 Å². The van der Waals surface area contributed by atoms with Gasteiger partial charge in [-0.15, -0.1) is 0 Å². The van der Waals surface area contributed by atoms with E-state index in [0.717, 1.165) is 24.2 Å². The normalized spacial score (nSPS) is 15.1. The van der Waals surface area contributed by atoms with Crippen molar-refractivity contribution in [2.75, 3.05) is 11.9 Å². The quantitative estimate of drug-likeness (QED) is 0.387. The molecule has 0 bridgehead atoms. The van der Waals surface area contributed by atoms with Crippen LogP contribution in [0.4, 0.5) is 10.2 Å². The third-order valence-corrected chi connectivity index (χ3v) is 6.81. The maximum Gasteiger partial charge on any atom is 0.259 e. The second kappa shape index (κ2) is 9.55. The Bertz CT molecular complexity index is 1470. The zero-order valence-electron chi connectivity index (χ0n) is 21.5. The molecule has 1 aliphatic rings. The lowest BCUT2D eigenvalue weighted by atomic mass is 9.93. The number of anilines is 1. The molecule has 8 nitrogen and oxygen atoms in total. The topological polar surface area (TPSA) is 97.9 Å². The summed E-state index contributed by atoms with van der Waals surface area (Å²) < 4.78 is 18.9. The Hall–Kier alpha value is -3.85. The van der Waals surface area contributed by atoms with Crippen molar-refractivity contribution in [2.24, 2.45) is 0 Å². The molecule has 0 saturated heterocycles. The van der Waals surface area contributed by atoms with Crippen LogP contribution in [0.25, 0.3) is 17.2 Å². The van der Waals surface area contributed by atoms with E-state index in [4.69, 9.17) is 0 Å². The Kier molecular flexibility index (Phi) is 6.41. The van der Waals surface area contributed by atoms with Crippen LogP contribution in [-0.2, 0) is 11.8 Å². The van der Waals surface area contributed by atoms with Crippen molar-refractivity contribution in [3.05, 3.63) is 77.4 Å². The first-order chi connectivity index (χ1) is 17.7. The molecule has 1 aliphatic heterocycles. The Morgan fingerprint density at radius 1 is 1.24 bits per heavy atom. The van der Waals surface area contributed by atoms with Crippen LogP contribution in [0.2, 0.25) is 0 Å². The number of nitrogens with one attached hydrogen (secondary N) is 1. The number of aryl methyl sites for hydroxylation is 2. The van der Waals surface area contributed by atoms with Crippen LogP contribution in [0, 0.1) is 12.7 Å². The molecule has 5 rings (SSSR count). The average Bonchev–Trinajstić information content (AvgIpc) is 3.57. The zero-order chi connectivity index (χ0) is 26.3. The van der Waals surface area contributed by atoms with Crippen molar-refractivity contribution in [1.29, 1.82) is 0 Å². The van der Waals surface area contributed by atoms with Gasteiger partial charge in [-0.05, 0) is 56.0 Å². The number of pyridine rings is 1. The van der Waals surface area contributed by atoms with Gasteiger partial charge in [0.15, 0.2) is 5.82 Å². The van der Waals surface area contributed by atoms with E-state index in [9.17, 15) is 14.3 Å². The number of benzene rings is 1. The standard InChI is InChI=1S/C28H31FN6O2/c1-17-12-21(29)20(13-23(17)34-15-24(31-16-34)28(2,3)4)27(37)33-25-7-5-6-22(32-25)26-30-14-19-9-8-18(10-11-36)35(19)26/h5-7,12-16,18,36H,8-11H2,1-4H3,(H,32,33,37)/t18-/m1/s1. The van der Waals surface area contributed by atoms with E-state index >= 15 is 0 Å². The lowest BCUT2D eigenvalue weighted by molar-refractivity contribution is 0.102. The third-order valence-electron chi connectivity index (χ3n) is 6.81. The van der Waals surface area contributed by atoms with Gasteiger partial charge in [-0.1, -0.05) is 26.8 Å². The number of aliphatic hydroxyl groups excluding tert-OH is 1. The highest BCUT2D eigenvalue weighted by atomic mass is 19.1. The molecule has 4 aromatic rings. The third kappa shape index (κ3) is 4.79. The number of nitrogens with zero attached hydrogens (tertiary/aromatic N) is 5. The number of imidazole rings is 2. The predicted octanol–water partition coefficient (Wildman–Crippen LogP) is 5.00. The number of hydrogen-bond acceptors (Lipinski definition) is 5. The highest BCUT2D eigenvalue weighted by molar-refractivity contribution is 6.04. The van der Waals surface area contributed by atoms with Gasteiger partial charge in [0.2, 0.25) is 0 Å². The number of fused-ring (bicyclic) bond motifs is 1. The van der Waals surface area contributed by atoms with Gasteiger partial charge < -0.3 is 19.6 Å². The second-order valence-corrected chi connectivity index (χ2v) is 10.5. The molecule has 37 heavy (non-hydrogen) atoms. The molecule has 0 unspecified atom stereocenters. The molecular weight excluding hydrogens is 471 g/mol. The van der Waals surface area contributed by atoms with Gasteiger partial charge in [-0.25, -0.2) is 19.3 Å². The zero-order valence-corrected chi connectivity index (χ0v) is 21.5. The molecule has 0 spiro atoms. The van der Waals surface area contributed by atoms with Crippen LogP contribution in [0.1, 0.15) is 67.0 Å². The first-order valence-corrected chi connectivity index (χ1v) is 12.5. The average molecular weight is 503 g/mol. The Balaban J connectivity index is 1.42. The van der Waals surface area contributed by atoms with Gasteiger partial charge in [-0.3, -0.25) is 4.79 Å². The van der Waals surface area contributed by atoms with E-state index in [-0.39, 0.29) is 23.6 Å². The minimum atomic E-state index is -0.607. The summed E-state index contributed by atoms with van der Waals surface area (Å²) in [4.78, 5) is 26.8. The number of carbonyl (C=O) groups excluding carboxylic acids is 1. The number of amides is 1. The fourth-order valence-corrected chi connectivity index (χ4v) is 4.81. The largest absolute Gasteiger partial charge is 0.396 e. The SMILES string of the molecule is Cc1cc(F)c(C(=O)Nc2cccc(-c3ncc4n3[C@@H](CCO)CC4)n2)cc1-n1cnc(C(C)(C)C)c1. The van der Waals surface area contributed by atoms with Gasteiger partial charge in [0.1, 0.15) is 17.3 Å². The summed E-state index contributed by atoms with van der Waals surface area (Å²) in [6, 6.07) is 8.35. The van der Waals surface area contributed by atoms with Crippen molar-refractivity contribution < 1.29 is 14.3 Å². The lowest BCUT2D eigenvalue weighted by Crippen LogP contribution is -2.16. The maximum absolute atomic E-state index is 14.9.